The molecule has 0 saturated carbocycles. The van der Waals surface area contributed by atoms with Gasteiger partial charge in [-0.15, -0.1) is 11.3 Å². The third-order valence-electron chi connectivity index (χ3n) is 2.82. The molecule has 96 valence electrons. The second-order valence-corrected chi connectivity index (χ2v) is 5.51. The van der Waals surface area contributed by atoms with Crippen LogP contribution in [-0.4, -0.2) is 0 Å². The molecule has 1 heterocycles. The van der Waals surface area contributed by atoms with Crippen LogP contribution in [0.2, 0.25) is 5.02 Å². The maximum absolute atomic E-state index is 13.4. The third-order valence-corrected chi connectivity index (χ3v) is 4.01. The van der Waals surface area contributed by atoms with E-state index in [1.54, 1.807) is 11.3 Å². The minimum Gasteiger partial charge on any atom is -0.397 e. The molecule has 0 unspecified atom stereocenters. The summed E-state index contributed by atoms with van der Waals surface area (Å²) in [6, 6.07) is 10.7. The van der Waals surface area contributed by atoms with Crippen molar-refractivity contribution in [3.63, 3.8) is 0 Å². The molecule has 2 nitrogen and oxygen atoms in total. The molecular formula is C14H10ClFN2S. The number of anilines is 3. The van der Waals surface area contributed by atoms with Crippen LogP contribution in [0.25, 0.3) is 10.1 Å². The summed E-state index contributed by atoms with van der Waals surface area (Å²) in [5, 5.41) is 6.30. The fourth-order valence-corrected chi connectivity index (χ4v) is 2.81. The minimum atomic E-state index is -0.491. The van der Waals surface area contributed by atoms with Crippen molar-refractivity contribution >= 4 is 50.1 Å². The van der Waals surface area contributed by atoms with E-state index in [0.29, 0.717) is 11.4 Å². The van der Waals surface area contributed by atoms with Gasteiger partial charge in [0.1, 0.15) is 5.82 Å². The molecule has 3 aromatic rings. The van der Waals surface area contributed by atoms with Crippen molar-refractivity contribution in [2.24, 2.45) is 0 Å². The van der Waals surface area contributed by atoms with Gasteiger partial charge in [0, 0.05) is 16.5 Å². The van der Waals surface area contributed by atoms with Crippen LogP contribution in [0.3, 0.4) is 0 Å². The Hall–Kier alpha value is -1.78. The molecule has 0 aliphatic carbocycles. The van der Waals surface area contributed by atoms with Gasteiger partial charge in [0.05, 0.1) is 16.4 Å². The van der Waals surface area contributed by atoms with E-state index in [2.05, 4.69) is 5.32 Å². The highest BCUT2D eigenvalue weighted by atomic mass is 35.5. The Morgan fingerprint density at radius 3 is 2.84 bits per heavy atom. The Labute approximate surface area is 118 Å². The van der Waals surface area contributed by atoms with E-state index in [4.69, 9.17) is 17.3 Å². The van der Waals surface area contributed by atoms with Crippen molar-refractivity contribution in [1.29, 1.82) is 0 Å². The topological polar surface area (TPSA) is 38.0 Å². The average Bonchev–Trinajstić information content (AvgIpc) is 2.83. The molecular weight excluding hydrogens is 283 g/mol. The Kier molecular flexibility index (Phi) is 3.05. The van der Waals surface area contributed by atoms with E-state index in [0.717, 1.165) is 11.1 Å². The quantitative estimate of drug-likeness (QED) is 0.651. The number of thiophene rings is 1. The van der Waals surface area contributed by atoms with Crippen LogP contribution in [-0.2, 0) is 0 Å². The van der Waals surface area contributed by atoms with E-state index in [1.165, 1.54) is 16.8 Å². The van der Waals surface area contributed by atoms with Gasteiger partial charge in [-0.25, -0.2) is 4.39 Å². The SMILES string of the molecule is Nc1cc(Cl)c(F)cc1Nc1ccc2sccc2c1. The fraction of sp³-hybridized carbons (Fsp3) is 0. The summed E-state index contributed by atoms with van der Waals surface area (Å²) < 4.78 is 14.6. The Bertz CT molecular complexity index is 754. The molecule has 0 bridgehead atoms. The Morgan fingerprint density at radius 2 is 2.00 bits per heavy atom. The lowest BCUT2D eigenvalue weighted by molar-refractivity contribution is 0.629. The molecule has 5 heteroatoms. The van der Waals surface area contributed by atoms with E-state index in [1.807, 2.05) is 29.6 Å². The monoisotopic (exact) mass is 292 g/mol. The largest absolute Gasteiger partial charge is 0.397 e. The van der Waals surface area contributed by atoms with Gasteiger partial charge in [-0.05, 0) is 41.1 Å². The zero-order chi connectivity index (χ0) is 13.4. The average molecular weight is 293 g/mol. The van der Waals surface area contributed by atoms with Gasteiger partial charge in [-0.1, -0.05) is 11.6 Å². The van der Waals surface area contributed by atoms with E-state index >= 15 is 0 Å². The first-order chi connectivity index (χ1) is 9.13. The summed E-state index contributed by atoms with van der Waals surface area (Å²) in [6.45, 7) is 0. The predicted molar refractivity (Wildman–Crippen MR) is 80.9 cm³/mol. The first-order valence-corrected chi connectivity index (χ1v) is 6.88. The lowest BCUT2D eigenvalue weighted by atomic mass is 10.2. The fourth-order valence-electron chi connectivity index (χ4n) is 1.87. The number of rotatable bonds is 2. The van der Waals surface area contributed by atoms with E-state index in [-0.39, 0.29) is 5.02 Å². The van der Waals surface area contributed by atoms with E-state index < -0.39 is 5.82 Å². The highest BCUT2D eigenvalue weighted by molar-refractivity contribution is 7.17. The molecule has 0 radical (unpaired) electrons. The second kappa shape index (κ2) is 4.72. The van der Waals surface area contributed by atoms with Crippen LogP contribution >= 0.6 is 22.9 Å². The zero-order valence-electron chi connectivity index (χ0n) is 9.78. The summed E-state index contributed by atoms with van der Waals surface area (Å²) in [5.74, 6) is -0.491. The summed E-state index contributed by atoms with van der Waals surface area (Å²) in [5.41, 5.74) is 7.60. The maximum Gasteiger partial charge on any atom is 0.144 e. The minimum absolute atomic E-state index is 0.0244. The maximum atomic E-state index is 13.4. The Morgan fingerprint density at radius 1 is 1.16 bits per heavy atom. The summed E-state index contributed by atoms with van der Waals surface area (Å²) in [7, 11) is 0. The summed E-state index contributed by atoms with van der Waals surface area (Å²) in [6.07, 6.45) is 0. The first-order valence-electron chi connectivity index (χ1n) is 5.62. The number of benzene rings is 2. The van der Waals surface area contributed by atoms with Crippen molar-refractivity contribution in [2.45, 2.75) is 0 Å². The standard InChI is InChI=1S/C14H10ClFN2S/c15-10-6-12(17)13(7-11(10)16)18-9-1-2-14-8(5-9)3-4-19-14/h1-7,18H,17H2. The van der Waals surface area contributed by atoms with Crippen LogP contribution < -0.4 is 11.1 Å². The third kappa shape index (κ3) is 2.37. The van der Waals surface area contributed by atoms with Gasteiger partial charge >= 0.3 is 0 Å². The number of fused-ring (bicyclic) bond motifs is 1. The molecule has 0 fully saturated rings. The molecule has 0 saturated heterocycles. The molecule has 1 aromatic heterocycles. The van der Waals surface area contributed by atoms with Gasteiger partial charge in [0.2, 0.25) is 0 Å². The van der Waals surface area contributed by atoms with Crippen LogP contribution in [0, 0.1) is 5.82 Å². The molecule has 3 rings (SSSR count). The number of hydrogen-bond donors (Lipinski definition) is 2. The van der Waals surface area contributed by atoms with Gasteiger partial charge in [-0.3, -0.25) is 0 Å². The first kappa shape index (κ1) is 12.3. The number of nitrogens with two attached hydrogens (primary N) is 1. The van der Waals surface area contributed by atoms with Gasteiger partial charge in [-0.2, -0.15) is 0 Å². The van der Waals surface area contributed by atoms with E-state index in [9.17, 15) is 4.39 Å². The van der Waals surface area contributed by atoms with Crippen molar-refractivity contribution in [1.82, 2.24) is 0 Å². The molecule has 3 N–H and O–H groups in total. The lowest BCUT2D eigenvalue weighted by Crippen LogP contribution is -1.97. The van der Waals surface area contributed by atoms with Gasteiger partial charge in [0.15, 0.2) is 0 Å². The molecule has 0 spiro atoms. The highest BCUT2D eigenvalue weighted by Crippen LogP contribution is 2.30. The lowest BCUT2D eigenvalue weighted by Gasteiger charge is -2.10. The molecule has 19 heavy (non-hydrogen) atoms. The summed E-state index contributed by atoms with van der Waals surface area (Å²) >= 11 is 7.35. The van der Waals surface area contributed by atoms with Crippen LogP contribution in [0.1, 0.15) is 0 Å². The number of halogens is 2. The number of nitrogens with one attached hydrogen (secondary N) is 1. The van der Waals surface area contributed by atoms with Crippen molar-refractivity contribution < 1.29 is 4.39 Å². The molecule has 0 atom stereocenters. The molecule has 2 aromatic carbocycles. The summed E-state index contributed by atoms with van der Waals surface area (Å²) in [4.78, 5) is 0. The highest BCUT2D eigenvalue weighted by Gasteiger charge is 2.07. The smallest absolute Gasteiger partial charge is 0.144 e. The van der Waals surface area contributed by atoms with Gasteiger partial charge in [0.25, 0.3) is 0 Å². The molecule has 0 aliphatic heterocycles. The normalized spacial score (nSPS) is 10.8. The van der Waals surface area contributed by atoms with Gasteiger partial charge < -0.3 is 11.1 Å². The molecule has 0 amide bonds. The Balaban J connectivity index is 1.98. The van der Waals surface area contributed by atoms with Crippen LogP contribution in [0.15, 0.2) is 41.8 Å². The van der Waals surface area contributed by atoms with Crippen molar-refractivity contribution in [3.8, 4) is 0 Å². The number of hydrogen-bond acceptors (Lipinski definition) is 3. The van der Waals surface area contributed by atoms with Crippen molar-refractivity contribution in [2.75, 3.05) is 11.1 Å². The predicted octanol–water partition coefficient (Wildman–Crippen LogP) is 5.02. The van der Waals surface area contributed by atoms with Crippen LogP contribution in [0.5, 0.6) is 0 Å². The number of nitrogen functional groups attached to an aromatic ring is 1. The molecule has 0 aliphatic rings. The van der Waals surface area contributed by atoms with Crippen molar-refractivity contribution in [3.05, 3.63) is 52.6 Å². The van der Waals surface area contributed by atoms with Crippen LogP contribution in [0.4, 0.5) is 21.5 Å². The second-order valence-electron chi connectivity index (χ2n) is 4.15. The zero-order valence-corrected chi connectivity index (χ0v) is 11.4.